The van der Waals surface area contributed by atoms with E-state index >= 15 is 0 Å². The van der Waals surface area contributed by atoms with Crippen LogP contribution in [-0.2, 0) is 27.2 Å². The van der Waals surface area contributed by atoms with Crippen LogP contribution in [0.15, 0.2) is 30.4 Å². The van der Waals surface area contributed by atoms with Gasteiger partial charge in [-0.05, 0) is 55.4 Å². The molecule has 0 bridgehead atoms. The van der Waals surface area contributed by atoms with Gasteiger partial charge < -0.3 is 5.32 Å². The van der Waals surface area contributed by atoms with Gasteiger partial charge in [-0.2, -0.15) is 0 Å². The first-order valence-corrected chi connectivity index (χ1v) is 8.55. The SMILES string of the molecule is O=C(CN1C(=O)[C@H]2CC=CC[C@H]2C1=O)Nc1ccc2c(c1)CCC2. The Morgan fingerprint density at radius 2 is 1.71 bits per heavy atom. The number of carbonyl (C=O) groups is 3. The molecule has 1 fully saturated rings. The van der Waals surface area contributed by atoms with E-state index in [0.29, 0.717) is 12.8 Å². The van der Waals surface area contributed by atoms with Crippen LogP contribution in [0.2, 0.25) is 0 Å². The highest BCUT2D eigenvalue weighted by molar-refractivity contribution is 6.08. The lowest BCUT2D eigenvalue weighted by atomic mass is 9.85. The number of imide groups is 1. The maximum Gasteiger partial charge on any atom is 0.244 e. The van der Waals surface area contributed by atoms with Crippen molar-refractivity contribution in [3.05, 3.63) is 41.5 Å². The fourth-order valence-corrected chi connectivity index (χ4v) is 4.02. The highest BCUT2D eigenvalue weighted by Gasteiger charge is 2.47. The largest absolute Gasteiger partial charge is 0.325 e. The molecule has 3 amide bonds. The van der Waals surface area contributed by atoms with Crippen molar-refractivity contribution >= 4 is 23.4 Å². The Hall–Kier alpha value is -2.43. The molecule has 5 nitrogen and oxygen atoms in total. The van der Waals surface area contributed by atoms with Crippen LogP contribution in [0.1, 0.15) is 30.4 Å². The van der Waals surface area contributed by atoms with Crippen molar-refractivity contribution in [1.29, 1.82) is 0 Å². The van der Waals surface area contributed by atoms with E-state index < -0.39 is 0 Å². The summed E-state index contributed by atoms with van der Waals surface area (Å²) < 4.78 is 0. The minimum absolute atomic E-state index is 0.193. The molecule has 1 aromatic rings. The molecular formula is C19H20N2O3. The van der Waals surface area contributed by atoms with Crippen molar-refractivity contribution in [3.63, 3.8) is 0 Å². The Balaban J connectivity index is 1.43. The number of hydrogen-bond acceptors (Lipinski definition) is 3. The van der Waals surface area contributed by atoms with Crippen molar-refractivity contribution in [3.8, 4) is 0 Å². The summed E-state index contributed by atoms with van der Waals surface area (Å²) >= 11 is 0. The first-order chi connectivity index (χ1) is 11.6. The van der Waals surface area contributed by atoms with E-state index in [4.69, 9.17) is 0 Å². The van der Waals surface area contributed by atoms with Crippen molar-refractivity contribution in [2.24, 2.45) is 11.8 Å². The summed E-state index contributed by atoms with van der Waals surface area (Å²) in [5, 5.41) is 2.82. The number of anilines is 1. The van der Waals surface area contributed by atoms with Gasteiger partial charge in [0.05, 0.1) is 11.8 Å². The number of hydrogen-bond donors (Lipinski definition) is 1. The van der Waals surface area contributed by atoms with E-state index in [2.05, 4.69) is 5.32 Å². The zero-order chi connectivity index (χ0) is 16.7. The van der Waals surface area contributed by atoms with Gasteiger partial charge in [-0.15, -0.1) is 0 Å². The van der Waals surface area contributed by atoms with E-state index in [9.17, 15) is 14.4 Å². The van der Waals surface area contributed by atoms with Crippen molar-refractivity contribution < 1.29 is 14.4 Å². The topological polar surface area (TPSA) is 66.5 Å². The predicted molar refractivity (Wildman–Crippen MR) is 89.2 cm³/mol. The molecule has 1 aliphatic heterocycles. The molecule has 5 heteroatoms. The van der Waals surface area contributed by atoms with Crippen LogP contribution in [0.25, 0.3) is 0 Å². The molecule has 1 aromatic carbocycles. The summed E-state index contributed by atoms with van der Waals surface area (Å²) in [5.74, 6) is -1.30. The first-order valence-electron chi connectivity index (χ1n) is 8.55. The van der Waals surface area contributed by atoms with Gasteiger partial charge in [0, 0.05) is 5.69 Å². The summed E-state index contributed by atoms with van der Waals surface area (Å²) in [4.78, 5) is 38.2. The Morgan fingerprint density at radius 3 is 2.42 bits per heavy atom. The summed E-state index contributed by atoms with van der Waals surface area (Å²) in [7, 11) is 0. The number of nitrogens with one attached hydrogen (secondary N) is 1. The number of fused-ring (bicyclic) bond motifs is 2. The van der Waals surface area contributed by atoms with Gasteiger partial charge in [0.2, 0.25) is 17.7 Å². The predicted octanol–water partition coefficient (Wildman–Crippen LogP) is 2.06. The molecule has 0 unspecified atom stereocenters. The Bertz CT molecular complexity index is 727. The third-order valence-electron chi connectivity index (χ3n) is 5.28. The number of aryl methyl sites for hydroxylation is 2. The van der Waals surface area contributed by atoms with Gasteiger partial charge in [0.15, 0.2) is 0 Å². The summed E-state index contributed by atoms with van der Waals surface area (Å²) in [6.45, 7) is -0.193. The van der Waals surface area contributed by atoms with Gasteiger partial charge in [-0.25, -0.2) is 0 Å². The first kappa shape index (κ1) is 15.1. The lowest BCUT2D eigenvalue weighted by molar-refractivity contribution is -0.142. The second-order valence-corrected chi connectivity index (χ2v) is 6.80. The molecule has 0 saturated carbocycles. The Morgan fingerprint density at radius 1 is 1.04 bits per heavy atom. The molecule has 1 saturated heterocycles. The van der Waals surface area contributed by atoms with E-state index in [0.717, 1.165) is 29.8 Å². The molecule has 1 N–H and O–H groups in total. The number of nitrogens with zero attached hydrogens (tertiary/aromatic N) is 1. The number of allylic oxidation sites excluding steroid dienone is 2. The highest BCUT2D eigenvalue weighted by Crippen LogP contribution is 2.34. The quantitative estimate of drug-likeness (QED) is 0.684. The summed E-state index contributed by atoms with van der Waals surface area (Å²) in [5.41, 5.74) is 3.35. The molecule has 3 aliphatic rings. The smallest absolute Gasteiger partial charge is 0.244 e. The molecule has 0 spiro atoms. The molecule has 124 valence electrons. The fourth-order valence-electron chi connectivity index (χ4n) is 4.02. The third-order valence-corrected chi connectivity index (χ3v) is 5.28. The van der Waals surface area contributed by atoms with Gasteiger partial charge in [0.25, 0.3) is 0 Å². The minimum atomic E-state index is -0.318. The standard InChI is InChI=1S/C19H20N2O3/c22-17(20-14-9-8-12-4-3-5-13(12)10-14)11-21-18(23)15-6-1-2-7-16(15)19(21)24/h1-2,8-10,15-16H,3-7,11H2,(H,20,22)/t15-,16+. The zero-order valence-corrected chi connectivity index (χ0v) is 13.5. The highest BCUT2D eigenvalue weighted by atomic mass is 16.2. The molecule has 0 aromatic heterocycles. The lowest BCUT2D eigenvalue weighted by Crippen LogP contribution is -2.38. The molecule has 4 rings (SSSR count). The Labute approximate surface area is 140 Å². The van der Waals surface area contributed by atoms with Crippen LogP contribution in [0, 0.1) is 11.8 Å². The molecule has 2 atom stereocenters. The maximum atomic E-state index is 12.4. The maximum absolute atomic E-state index is 12.4. The molecule has 1 heterocycles. The average molecular weight is 324 g/mol. The second kappa shape index (κ2) is 5.89. The van der Waals surface area contributed by atoms with E-state index in [1.165, 1.54) is 11.1 Å². The van der Waals surface area contributed by atoms with Crippen LogP contribution in [-0.4, -0.2) is 29.2 Å². The van der Waals surface area contributed by atoms with E-state index in [1.54, 1.807) is 0 Å². The van der Waals surface area contributed by atoms with Gasteiger partial charge in [0.1, 0.15) is 6.54 Å². The summed E-state index contributed by atoms with van der Waals surface area (Å²) in [6, 6.07) is 5.93. The lowest BCUT2D eigenvalue weighted by Gasteiger charge is -2.15. The fraction of sp³-hybridized carbons (Fsp3) is 0.421. The molecule has 2 aliphatic carbocycles. The normalized spacial score (nSPS) is 24.9. The van der Waals surface area contributed by atoms with Crippen LogP contribution >= 0.6 is 0 Å². The van der Waals surface area contributed by atoms with E-state index in [1.807, 2.05) is 30.4 Å². The molecule has 24 heavy (non-hydrogen) atoms. The van der Waals surface area contributed by atoms with Crippen LogP contribution in [0.4, 0.5) is 5.69 Å². The Kier molecular flexibility index (Phi) is 3.71. The number of amides is 3. The molecule has 0 radical (unpaired) electrons. The van der Waals surface area contributed by atoms with Gasteiger partial charge >= 0.3 is 0 Å². The minimum Gasteiger partial charge on any atom is -0.325 e. The van der Waals surface area contributed by atoms with Crippen LogP contribution in [0.3, 0.4) is 0 Å². The van der Waals surface area contributed by atoms with E-state index in [-0.39, 0.29) is 36.1 Å². The van der Waals surface area contributed by atoms with Gasteiger partial charge in [-0.1, -0.05) is 18.2 Å². The monoisotopic (exact) mass is 324 g/mol. The number of rotatable bonds is 3. The number of carbonyl (C=O) groups excluding carboxylic acids is 3. The van der Waals surface area contributed by atoms with Crippen molar-refractivity contribution in [2.45, 2.75) is 32.1 Å². The zero-order valence-electron chi connectivity index (χ0n) is 13.5. The summed E-state index contributed by atoms with van der Waals surface area (Å²) in [6.07, 6.45) is 8.37. The third kappa shape index (κ3) is 2.54. The second-order valence-electron chi connectivity index (χ2n) is 6.80. The van der Waals surface area contributed by atoms with Crippen LogP contribution < -0.4 is 5.32 Å². The van der Waals surface area contributed by atoms with Crippen molar-refractivity contribution in [1.82, 2.24) is 4.90 Å². The van der Waals surface area contributed by atoms with Crippen molar-refractivity contribution in [2.75, 3.05) is 11.9 Å². The number of likely N-dealkylation sites (tertiary alicyclic amines) is 1. The molecular weight excluding hydrogens is 304 g/mol. The van der Waals surface area contributed by atoms with Crippen LogP contribution in [0.5, 0.6) is 0 Å². The number of benzene rings is 1. The average Bonchev–Trinajstić information content (AvgIpc) is 3.14. The van der Waals surface area contributed by atoms with Gasteiger partial charge in [-0.3, -0.25) is 19.3 Å².